The smallest absolute Gasteiger partial charge is 0.310 e. The zero-order valence-electron chi connectivity index (χ0n) is 16.4. The summed E-state index contributed by atoms with van der Waals surface area (Å²) in [5.41, 5.74) is 1.68. The second kappa shape index (κ2) is 14.3. The molecule has 0 unspecified atom stereocenters. The van der Waals surface area contributed by atoms with Crippen molar-refractivity contribution in [1.82, 2.24) is 0 Å². The van der Waals surface area contributed by atoms with Crippen molar-refractivity contribution in [2.24, 2.45) is 0 Å². The Bertz CT molecular complexity index is 478. The third kappa shape index (κ3) is 10.2. The van der Waals surface area contributed by atoms with Gasteiger partial charge in [0.15, 0.2) is 0 Å². The maximum Gasteiger partial charge on any atom is 0.310 e. The minimum Gasteiger partial charge on any atom is -0.465 e. The van der Waals surface area contributed by atoms with Crippen molar-refractivity contribution in [3.8, 4) is 0 Å². The van der Waals surface area contributed by atoms with Gasteiger partial charge in [-0.25, -0.2) is 0 Å². The second-order valence-corrected chi connectivity index (χ2v) is 6.68. The van der Waals surface area contributed by atoms with E-state index >= 15 is 0 Å². The van der Waals surface area contributed by atoms with Crippen molar-refractivity contribution < 1.29 is 19.1 Å². The molecule has 0 saturated carbocycles. The van der Waals surface area contributed by atoms with Gasteiger partial charge in [0, 0.05) is 0 Å². The topological polar surface area (TPSA) is 52.6 Å². The van der Waals surface area contributed by atoms with Crippen LogP contribution in [-0.4, -0.2) is 25.2 Å². The molecule has 1 aromatic rings. The average molecular weight is 363 g/mol. The van der Waals surface area contributed by atoms with Gasteiger partial charge in [0.05, 0.1) is 26.1 Å². The molecular weight excluding hydrogens is 328 g/mol. The van der Waals surface area contributed by atoms with E-state index in [0.29, 0.717) is 13.2 Å². The highest BCUT2D eigenvalue weighted by atomic mass is 16.5. The van der Waals surface area contributed by atoms with Crippen LogP contribution in [0.4, 0.5) is 0 Å². The van der Waals surface area contributed by atoms with Crippen LogP contribution in [0.3, 0.4) is 0 Å². The molecule has 1 rings (SSSR count). The molecule has 0 bridgehead atoms. The van der Waals surface area contributed by atoms with Crippen LogP contribution in [0.5, 0.6) is 0 Å². The van der Waals surface area contributed by atoms with Crippen LogP contribution in [0, 0.1) is 0 Å². The summed E-state index contributed by atoms with van der Waals surface area (Å²) in [6.07, 6.45) is 9.06. The first-order valence-electron chi connectivity index (χ1n) is 10.0. The summed E-state index contributed by atoms with van der Waals surface area (Å²) in [6, 6.07) is 7.51. The molecule has 4 heteroatoms. The largest absolute Gasteiger partial charge is 0.465 e. The summed E-state index contributed by atoms with van der Waals surface area (Å²) in [5.74, 6) is -0.469. The maximum atomic E-state index is 12.0. The zero-order valence-corrected chi connectivity index (χ0v) is 16.4. The van der Waals surface area contributed by atoms with Crippen LogP contribution < -0.4 is 0 Å². The first-order valence-corrected chi connectivity index (χ1v) is 10.0. The fourth-order valence-corrected chi connectivity index (χ4v) is 2.75. The van der Waals surface area contributed by atoms with Gasteiger partial charge in [-0.1, -0.05) is 76.6 Å². The summed E-state index contributed by atoms with van der Waals surface area (Å²) in [6.45, 7) is 5.25. The highest BCUT2D eigenvalue weighted by Gasteiger charge is 2.12. The van der Waals surface area contributed by atoms with Crippen molar-refractivity contribution in [2.75, 3.05) is 13.2 Å². The first kappa shape index (κ1) is 22.2. The number of carbonyl (C=O) groups is 2. The van der Waals surface area contributed by atoms with E-state index in [4.69, 9.17) is 9.47 Å². The number of ether oxygens (including phenoxy) is 2. The summed E-state index contributed by atoms with van der Waals surface area (Å²) in [4.78, 5) is 24.0. The molecule has 0 atom stereocenters. The molecule has 0 aliphatic carbocycles. The van der Waals surface area contributed by atoms with Gasteiger partial charge in [-0.15, -0.1) is 0 Å². The number of hydrogen-bond acceptors (Lipinski definition) is 4. The van der Waals surface area contributed by atoms with E-state index < -0.39 is 0 Å². The van der Waals surface area contributed by atoms with E-state index in [2.05, 4.69) is 13.8 Å². The maximum absolute atomic E-state index is 12.0. The Morgan fingerprint density at radius 3 is 1.50 bits per heavy atom. The zero-order chi connectivity index (χ0) is 19.0. The normalized spacial score (nSPS) is 10.5. The summed E-state index contributed by atoms with van der Waals surface area (Å²) >= 11 is 0. The van der Waals surface area contributed by atoms with Crippen LogP contribution >= 0.6 is 0 Å². The fraction of sp³-hybridized carbons (Fsp3) is 0.636. The van der Waals surface area contributed by atoms with Crippen molar-refractivity contribution >= 4 is 11.9 Å². The van der Waals surface area contributed by atoms with Gasteiger partial charge in [0.25, 0.3) is 0 Å². The Hall–Kier alpha value is -1.84. The molecule has 146 valence electrons. The highest BCUT2D eigenvalue weighted by Crippen LogP contribution is 2.12. The van der Waals surface area contributed by atoms with Crippen LogP contribution in [-0.2, 0) is 31.9 Å². The fourth-order valence-electron chi connectivity index (χ4n) is 2.75. The molecule has 0 heterocycles. The molecule has 0 aromatic heterocycles. The molecule has 0 fully saturated rings. The van der Waals surface area contributed by atoms with Crippen molar-refractivity contribution in [1.29, 1.82) is 0 Å². The molecule has 0 amide bonds. The average Bonchev–Trinajstić information content (AvgIpc) is 2.63. The number of unbranched alkanes of at least 4 members (excludes halogenated alkanes) is 6. The lowest BCUT2D eigenvalue weighted by Crippen LogP contribution is -2.14. The van der Waals surface area contributed by atoms with E-state index in [1.165, 1.54) is 12.8 Å². The standard InChI is InChI=1S/C22H34O4/c1-3-5-7-11-15-25-21(23)17-19-13-9-10-14-20(19)18-22(24)26-16-12-8-6-4-2/h9-10,13-14H,3-8,11-12,15-18H2,1-2H3. The van der Waals surface area contributed by atoms with Crippen molar-refractivity contribution in [3.63, 3.8) is 0 Å². The number of benzene rings is 1. The predicted octanol–water partition coefficient (Wildman–Crippen LogP) is 5.02. The number of carbonyl (C=O) groups excluding carboxylic acids is 2. The Morgan fingerprint density at radius 1 is 0.692 bits per heavy atom. The molecule has 26 heavy (non-hydrogen) atoms. The molecule has 0 aliphatic rings. The van der Waals surface area contributed by atoms with E-state index in [9.17, 15) is 9.59 Å². The number of hydrogen-bond donors (Lipinski definition) is 0. The van der Waals surface area contributed by atoms with Gasteiger partial charge in [-0.05, 0) is 24.0 Å². The van der Waals surface area contributed by atoms with Gasteiger partial charge in [0.2, 0.25) is 0 Å². The minimum atomic E-state index is -0.234. The van der Waals surface area contributed by atoms with Crippen molar-refractivity contribution in [3.05, 3.63) is 35.4 Å². The Kier molecular flexibility index (Phi) is 12.2. The minimum absolute atomic E-state index is 0.202. The third-order valence-electron chi connectivity index (χ3n) is 4.31. The van der Waals surface area contributed by atoms with Crippen LogP contribution in [0.25, 0.3) is 0 Å². The lowest BCUT2D eigenvalue weighted by molar-refractivity contribution is -0.144. The Balaban J connectivity index is 2.38. The van der Waals surface area contributed by atoms with E-state index in [0.717, 1.165) is 49.7 Å². The number of rotatable bonds is 14. The van der Waals surface area contributed by atoms with Gasteiger partial charge < -0.3 is 9.47 Å². The third-order valence-corrected chi connectivity index (χ3v) is 4.31. The highest BCUT2D eigenvalue weighted by molar-refractivity contribution is 5.76. The Labute approximate surface area is 158 Å². The molecule has 0 N–H and O–H groups in total. The molecule has 1 aromatic carbocycles. The van der Waals surface area contributed by atoms with Crippen LogP contribution in [0.1, 0.15) is 76.3 Å². The molecule has 0 aliphatic heterocycles. The lowest BCUT2D eigenvalue weighted by Gasteiger charge is -2.10. The lowest BCUT2D eigenvalue weighted by atomic mass is 10.0. The quantitative estimate of drug-likeness (QED) is 0.344. The van der Waals surface area contributed by atoms with Crippen LogP contribution in [0.2, 0.25) is 0 Å². The first-order chi connectivity index (χ1) is 12.7. The van der Waals surface area contributed by atoms with E-state index in [-0.39, 0.29) is 24.8 Å². The second-order valence-electron chi connectivity index (χ2n) is 6.68. The van der Waals surface area contributed by atoms with Gasteiger partial charge in [-0.3, -0.25) is 9.59 Å². The molecule has 4 nitrogen and oxygen atoms in total. The van der Waals surface area contributed by atoms with Crippen LogP contribution in [0.15, 0.2) is 24.3 Å². The molecule has 0 spiro atoms. The summed E-state index contributed by atoms with van der Waals surface area (Å²) in [7, 11) is 0. The summed E-state index contributed by atoms with van der Waals surface area (Å²) in [5, 5.41) is 0. The van der Waals surface area contributed by atoms with Gasteiger partial charge in [-0.2, -0.15) is 0 Å². The number of esters is 2. The van der Waals surface area contributed by atoms with Gasteiger partial charge >= 0.3 is 11.9 Å². The molecule has 0 radical (unpaired) electrons. The monoisotopic (exact) mass is 362 g/mol. The van der Waals surface area contributed by atoms with Crippen molar-refractivity contribution in [2.45, 2.75) is 78.1 Å². The molecular formula is C22H34O4. The van der Waals surface area contributed by atoms with Gasteiger partial charge in [0.1, 0.15) is 0 Å². The van der Waals surface area contributed by atoms with E-state index in [1.54, 1.807) is 0 Å². The molecule has 0 saturated heterocycles. The SMILES string of the molecule is CCCCCCOC(=O)Cc1ccccc1CC(=O)OCCCCCC. The summed E-state index contributed by atoms with van der Waals surface area (Å²) < 4.78 is 10.6. The predicted molar refractivity (Wildman–Crippen MR) is 104 cm³/mol. The van der Waals surface area contributed by atoms with E-state index in [1.807, 2.05) is 24.3 Å². The Morgan fingerprint density at radius 2 is 1.12 bits per heavy atom.